The summed E-state index contributed by atoms with van der Waals surface area (Å²) in [6.45, 7) is 1.62. The number of hydrogen-bond donors (Lipinski definition) is 1. The van der Waals surface area contributed by atoms with Gasteiger partial charge in [-0.15, -0.1) is 0 Å². The van der Waals surface area contributed by atoms with Crippen molar-refractivity contribution in [3.63, 3.8) is 0 Å². The molecular formula is C13H14O2S. The molecule has 0 unspecified atom stereocenters. The Bertz CT molecular complexity index is 398. The summed E-state index contributed by atoms with van der Waals surface area (Å²) in [5.41, 5.74) is 1.82. The summed E-state index contributed by atoms with van der Waals surface area (Å²) in [7, 11) is 0. The average molecular weight is 234 g/mol. The van der Waals surface area contributed by atoms with E-state index in [0.717, 1.165) is 16.9 Å². The van der Waals surface area contributed by atoms with Crippen molar-refractivity contribution in [3.8, 4) is 11.8 Å². The molecule has 1 aromatic carbocycles. The molecule has 1 rings (SSSR count). The van der Waals surface area contributed by atoms with E-state index in [0.29, 0.717) is 6.42 Å². The standard InChI is InChI=1S/C13H14O2S/c1-11(15)16-9-3-2-4-12-5-7-13(10-14)8-6-12/h5-8,14H,3,9-10H2,1H3. The lowest BCUT2D eigenvalue weighted by atomic mass is 10.1. The van der Waals surface area contributed by atoms with Crippen molar-refractivity contribution in [2.24, 2.45) is 0 Å². The third-order valence-electron chi connectivity index (χ3n) is 1.90. The van der Waals surface area contributed by atoms with Gasteiger partial charge in [0.15, 0.2) is 5.12 Å². The lowest BCUT2D eigenvalue weighted by molar-refractivity contribution is -0.109. The van der Waals surface area contributed by atoms with E-state index >= 15 is 0 Å². The van der Waals surface area contributed by atoms with Gasteiger partial charge in [-0.05, 0) is 17.7 Å². The van der Waals surface area contributed by atoms with Gasteiger partial charge in [-0.3, -0.25) is 4.79 Å². The molecule has 1 N–H and O–H groups in total. The van der Waals surface area contributed by atoms with Crippen molar-refractivity contribution in [2.45, 2.75) is 20.0 Å². The fraction of sp³-hybridized carbons (Fsp3) is 0.308. The van der Waals surface area contributed by atoms with Crippen LogP contribution in [0.25, 0.3) is 0 Å². The average Bonchev–Trinajstić information content (AvgIpc) is 2.29. The fourth-order valence-electron chi connectivity index (χ4n) is 1.10. The Balaban J connectivity index is 2.41. The highest BCUT2D eigenvalue weighted by molar-refractivity contribution is 8.13. The number of benzene rings is 1. The summed E-state index contributed by atoms with van der Waals surface area (Å²) in [5.74, 6) is 6.77. The number of aliphatic hydroxyl groups excluding tert-OH is 1. The molecule has 0 aliphatic rings. The molecular weight excluding hydrogens is 220 g/mol. The van der Waals surface area contributed by atoms with Gasteiger partial charge >= 0.3 is 0 Å². The lowest BCUT2D eigenvalue weighted by Gasteiger charge is -1.94. The number of aliphatic hydroxyl groups is 1. The Kier molecular flexibility index (Phi) is 5.69. The zero-order valence-electron chi connectivity index (χ0n) is 9.19. The highest BCUT2D eigenvalue weighted by Gasteiger charge is 1.91. The molecule has 0 aliphatic heterocycles. The van der Waals surface area contributed by atoms with Crippen LogP contribution in [0.3, 0.4) is 0 Å². The molecule has 0 aliphatic carbocycles. The molecule has 0 atom stereocenters. The van der Waals surface area contributed by atoms with Crippen molar-refractivity contribution in [2.75, 3.05) is 5.75 Å². The summed E-state index contributed by atoms with van der Waals surface area (Å²) in [4.78, 5) is 10.6. The van der Waals surface area contributed by atoms with Crippen LogP contribution in [-0.4, -0.2) is 16.0 Å². The molecule has 0 radical (unpaired) electrons. The molecule has 3 heteroatoms. The van der Waals surface area contributed by atoms with Crippen molar-refractivity contribution >= 4 is 16.9 Å². The van der Waals surface area contributed by atoms with Gasteiger partial charge in [0.1, 0.15) is 0 Å². The van der Waals surface area contributed by atoms with Crippen LogP contribution in [0.2, 0.25) is 0 Å². The molecule has 0 fully saturated rings. The third-order valence-corrected chi connectivity index (χ3v) is 2.72. The van der Waals surface area contributed by atoms with E-state index in [-0.39, 0.29) is 11.7 Å². The number of hydrogen-bond acceptors (Lipinski definition) is 3. The van der Waals surface area contributed by atoms with Gasteiger partial charge in [-0.25, -0.2) is 0 Å². The zero-order valence-corrected chi connectivity index (χ0v) is 10.0. The second-order valence-electron chi connectivity index (χ2n) is 3.25. The van der Waals surface area contributed by atoms with Crippen molar-refractivity contribution in [3.05, 3.63) is 35.4 Å². The molecule has 0 heterocycles. The van der Waals surface area contributed by atoms with Crippen LogP contribution in [0.15, 0.2) is 24.3 Å². The molecule has 0 spiro atoms. The fourth-order valence-corrected chi connectivity index (χ4v) is 1.60. The number of rotatable bonds is 3. The molecule has 0 amide bonds. The first kappa shape index (κ1) is 12.8. The molecule has 0 saturated carbocycles. The predicted octanol–water partition coefficient (Wildman–Crippen LogP) is 2.20. The highest BCUT2D eigenvalue weighted by atomic mass is 32.2. The largest absolute Gasteiger partial charge is 0.392 e. The topological polar surface area (TPSA) is 37.3 Å². The van der Waals surface area contributed by atoms with Crippen LogP contribution in [0.1, 0.15) is 24.5 Å². The van der Waals surface area contributed by atoms with Gasteiger partial charge in [-0.2, -0.15) is 0 Å². The molecule has 16 heavy (non-hydrogen) atoms. The van der Waals surface area contributed by atoms with Gasteiger partial charge in [0.05, 0.1) is 6.61 Å². The van der Waals surface area contributed by atoms with Crippen LogP contribution in [0.5, 0.6) is 0 Å². The van der Waals surface area contributed by atoms with Gasteiger partial charge in [-0.1, -0.05) is 35.7 Å². The maximum atomic E-state index is 10.6. The van der Waals surface area contributed by atoms with Gasteiger partial charge < -0.3 is 5.11 Å². The lowest BCUT2D eigenvalue weighted by Crippen LogP contribution is -1.84. The van der Waals surface area contributed by atoms with Crippen LogP contribution in [0, 0.1) is 11.8 Å². The Morgan fingerprint density at radius 3 is 2.62 bits per heavy atom. The Labute approximate surface area is 100 Å². The van der Waals surface area contributed by atoms with Gasteiger partial charge in [0.2, 0.25) is 0 Å². The molecule has 0 bridgehead atoms. The van der Waals surface area contributed by atoms with Gasteiger partial charge in [0.25, 0.3) is 0 Å². The first-order valence-corrected chi connectivity index (χ1v) is 6.03. The molecule has 0 saturated heterocycles. The summed E-state index contributed by atoms with van der Waals surface area (Å²) < 4.78 is 0. The van der Waals surface area contributed by atoms with Crippen molar-refractivity contribution in [1.82, 2.24) is 0 Å². The molecule has 1 aromatic rings. The molecule has 0 aromatic heterocycles. The first-order valence-electron chi connectivity index (χ1n) is 5.04. The second kappa shape index (κ2) is 7.10. The maximum absolute atomic E-state index is 10.6. The summed E-state index contributed by atoms with van der Waals surface area (Å²) in [6.07, 6.45) is 0.714. The minimum atomic E-state index is 0.0585. The first-order chi connectivity index (χ1) is 7.72. The normalized spacial score (nSPS) is 9.38. The smallest absolute Gasteiger partial charge is 0.185 e. The van der Waals surface area contributed by atoms with E-state index in [1.54, 1.807) is 6.92 Å². The zero-order chi connectivity index (χ0) is 11.8. The Morgan fingerprint density at radius 2 is 2.06 bits per heavy atom. The summed E-state index contributed by atoms with van der Waals surface area (Å²) >= 11 is 1.30. The van der Waals surface area contributed by atoms with Crippen molar-refractivity contribution < 1.29 is 9.90 Å². The van der Waals surface area contributed by atoms with E-state index in [1.165, 1.54) is 11.8 Å². The van der Waals surface area contributed by atoms with E-state index in [9.17, 15) is 4.79 Å². The van der Waals surface area contributed by atoms with E-state index in [2.05, 4.69) is 11.8 Å². The van der Waals surface area contributed by atoms with E-state index in [1.807, 2.05) is 24.3 Å². The van der Waals surface area contributed by atoms with Crippen LogP contribution < -0.4 is 0 Å². The highest BCUT2D eigenvalue weighted by Crippen LogP contribution is 2.04. The number of carbonyl (C=O) groups excluding carboxylic acids is 1. The Morgan fingerprint density at radius 1 is 1.38 bits per heavy atom. The van der Waals surface area contributed by atoms with Crippen LogP contribution >= 0.6 is 11.8 Å². The van der Waals surface area contributed by atoms with Crippen molar-refractivity contribution in [1.29, 1.82) is 0 Å². The summed E-state index contributed by atoms with van der Waals surface area (Å²) in [5, 5.41) is 8.99. The minimum absolute atomic E-state index is 0.0585. The van der Waals surface area contributed by atoms with E-state index in [4.69, 9.17) is 5.11 Å². The minimum Gasteiger partial charge on any atom is -0.392 e. The second-order valence-corrected chi connectivity index (χ2v) is 4.52. The molecule has 84 valence electrons. The maximum Gasteiger partial charge on any atom is 0.185 e. The predicted molar refractivity (Wildman–Crippen MR) is 67.0 cm³/mol. The quantitative estimate of drug-likeness (QED) is 0.643. The SMILES string of the molecule is CC(=O)SCCC#Cc1ccc(CO)cc1. The van der Waals surface area contributed by atoms with E-state index < -0.39 is 0 Å². The monoisotopic (exact) mass is 234 g/mol. The molecule has 2 nitrogen and oxygen atoms in total. The van der Waals surface area contributed by atoms with Gasteiger partial charge in [0, 0.05) is 24.7 Å². The van der Waals surface area contributed by atoms with Crippen LogP contribution in [-0.2, 0) is 11.4 Å². The Hall–Kier alpha value is -1.24. The number of carbonyl (C=O) groups is 1. The third kappa shape index (κ3) is 5.01. The summed E-state index contributed by atoms with van der Waals surface area (Å²) in [6, 6.07) is 7.48. The van der Waals surface area contributed by atoms with Crippen LogP contribution in [0.4, 0.5) is 0 Å². The number of thioether (sulfide) groups is 1.